The Bertz CT molecular complexity index is 1200. The van der Waals surface area contributed by atoms with E-state index in [4.69, 9.17) is 66.3 Å². The molecule has 16 heteroatoms. The van der Waals surface area contributed by atoms with Gasteiger partial charge >= 0.3 is 11.9 Å². The fourth-order valence-electron chi connectivity index (χ4n) is 9.28. The van der Waals surface area contributed by atoms with Crippen LogP contribution < -0.4 is 0 Å². The highest BCUT2D eigenvalue weighted by molar-refractivity contribution is 5.71. The summed E-state index contributed by atoms with van der Waals surface area (Å²) in [7, 11) is 9.62. The molecular formula is C42H72O16. The summed E-state index contributed by atoms with van der Waals surface area (Å²) in [5.41, 5.74) is -1.32. The normalized spacial score (nSPS) is 42.6. The highest BCUT2D eigenvalue weighted by atomic mass is 16.7. The molecule has 0 amide bonds. The maximum absolute atomic E-state index is 13.9. The Kier molecular flexibility index (Phi) is 17.2. The van der Waals surface area contributed by atoms with Crippen molar-refractivity contribution >= 4 is 11.9 Å². The second kappa shape index (κ2) is 21.0. The Morgan fingerprint density at radius 2 is 0.897 bits per heavy atom. The molecule has 0 radical (unpaired) electrons. The van der Waals surface area contributed by atoms with Crippen LogP contribution in [-0.2, 0) is 75.9 Å². The van der Waals surface area contributed by atoms with Crippen LogP contribution in [0.2, 0.25) is 0 Å². The van der Waals surface area contributed by atoms with Crippen molar-refractivity contribution in [3.05, 3.63) is 0 Å². The summed E-state index contributed by atoms with van der Waals surface area (Å²) in [6.45, 7) is 12.6. The Balaban J connectivity index is 1.39. The van der Waals surface area contributed by atoms with Crippen LogP contribution >= 0.6 is 0 Å². The molecule has 4 bridgehead atoms. The summed E-state index contributed by atoms with van der Waals surface area (Å²) < 4.78 is 86.3. The molecule has 0 aliphatic carbocycles. The van der Waals surface area contributed by atoms with Gasteiger partial charge in [0.1, 0.15) is 48.8 Å². The van der Waals surface area contributed by atoms with Gasteiger partial charge in [0, 0.05) is 79.2 Å². The van der Waals surface area contributed by atoms with Crippen LogP contribution in [0.25, 0.3) is 0 Å². The lowest BCUT2D eigenvalue weighted by molar-refractivity contribution is -0.319. The predicted octanol–water partition coefficient (Wildman–Crippen LogP) is 4.14. The molecule has 0 aromatic heterocycles. The summed E-state index contributed by atoms with van der Waals surface area (Å²) >= 11 is 0. The number of methoxy groups -OCH3 is 6. The topological polar surface area (TPSA) is 163 Å². The zero-order chi connectivity index (χ0) is 42.4. The Morgan fingerprint density at radius 3 is 1.21 bits per heavy atom. The predicted molar refractivity (Wildman–Crippen MR) is 207 cm³/mol. The van der Waals surface area contributed by atoms with E-state index in [-0.39, 0.29) is 50.2 Å². The van der Waals surface area contributed by atoms with Crippen molar-refractivity contribution in [2.75, 3.05) is 55.9 Å². The molecule has 5 aliphatic heterocycles. The minimum Gasteiger partial charge on any atom is -0.462 e. The Morgan fingerprint density at radius 1 is 0.534 bits per heavy atom. The van der Waals surface area contributed by atoms with Crippen molar-refractivity contribution in [1.29, 1.82) is 0 Å². The largest absolute Gasteiger partial charge is 0.462 e. The fraction of sp³-hybridized carbons (Fsp3) is 0.952. The van der Waals surface area contributed by atoms with E-state index in [1.165, 1.54) is 0 Å². The summed E-state index contributed by atoms with van der Waals surface area (Å²) in [5, 5.41) is 0. The molecule has 0 N–H and O–H groups in total. The van der Waals surface area contributed by atoms with Gasteiger partial charge in [-0.25, -0.2) is 0 Å². The number of rotatable bonds is 12. The van der Waals surface area contributed by atoms with E-state index >= 15 is 0 Å². The standard InChI is InChI=1S/C42H72O16/c1-13-23-15-25-17-29(57-39-37(49-11)35(47-9)27(45-7)21-51-39)41(3,4)32(53-25)20-34(44)56-24(14-2)16-26-18-30(42(5,6)31(54-26)19-33(43)55-23)58-40-38(50-12)36(48-10)28(46-8)22-52-40/h23-32,35-40H,13-22H2,1-12H3/t23-,24-,25-,26+,27-,28-,29+,30+,31+,32+,35+,36+,37-,38-,39+,40+/m1/s1. The maximum atomic E-state index is 13.9. The van der Waals surface area contributed by atoms with Crippen molar-refractivity contribution in [1.82, 2.24) is 0 Å². The molecule has 5 aliphatic rings. The number of fused-ring (bicyclic) bond motifs is 4. The van der Waals surface area contributed by atoms with Crippen LogP contribution in [0.15, 0.2) is 0 Å². The molecule has 0 aromatic carbocycles. The molecule has 0 unspecified atom stereocenters. The van der Waals surface area contributed by atoms with E-state index in [0.29, 0.717) is 38.5 Å². The number of cyclic esters (lactones) is 2. The van der Waals surface area contributed by atoms with Gasteiger partial charge in [0.25, 0.3) is 0 Å². The van der Waals surface area contributed by atoms with Crippen LogP contribution in [0.5, 0.6) is 0 Å². The van der Waals surface area contributed by atoms with E-state index < -0.39 is 96.7 Å². The van der Waals surface area contributed by atoms with Gasteiger partial charge in [0.2, 0.25) is 0 Å². The molecule has 58 heavy (non-hydrogen) atoms. The fourth-order valence-corrected chi connectivity index (χ4v) is 9.28. The Hall–Kier alpha value is -1.54. The highest BCUT2D eigenvalue weighted by Crippen LogP contribution is 2.45. The second-order valence-corrected chi connectivity index (χ2v) is 17.5. The molecular weight excluding hydrogens is 760 g/mol. The first-order chi connectivity index (χ1) is 27.7. The third kappa shape index (κ3) is 10.7. The quantitative estimate of drug-likeness (QED) is 0.258. The van der Waals surface area contributed by atoms with E-state index in [1.807, 2.05) is 41.5 Å². The number of ether oxygens (including phenoxy) is 14. The zero-order valence-corrected chi connectivity index (χ0v) is 36.8. The van der Waals surface area contributed by atoms with Gasteiger partial charge in [0.05, 0.1) is 62.7 Å². The minimum atomic E-state index is -0.761. The lowest BCUT2D eigenvalue weighted by atomic mass is 9.73. The van der Waals surface area contributed by atoms with E-state index in [0.717, 1.165) is 0 Å². The lowest BCUT2D eigenvalue weighted by Crippen LogP contribution is -2.60. The smallest absolute Gasteiger partial charge is 0.308 e. The van der Waals surface area contributed by atoms with Crippen molar-refractivity contribution in [3.8, 4) is 0 Å². The molecule has 336 valence electrons. The van der Waals surface area contributed by atoms with Crippen molar-refractivity contribution < 1.29 is 75.9 Å². The average molecular weight is 833 g/mol. The highest BCUT2D eigenvalue weighted by Gasteiger charge is 2.53. The third-order valence-electron chi connectivity index (χ3n) is 13.3. The Labute approximate surface area is 345 Å². The average Bonchev–Trinajstić information content (AvgIpc) is 3.19. The van der Waals surface area contributed by atoms with E-state index in [1.54, 1.807) is 42.7 Å². The zero-order valence-electron chi connectivity index (χ0n) is 36.8. The molecule has 5 rings (SSSR count). The first kappa shape index (κ1) is 47.5. The molecule has 16 nitrogen and oxygen atoms in total. The van der Waals surface area contributed by atoms with E-state index in [9.17, 15) is 9.59 Å². The number of hydrogen-bond acceptors (Lipinski definition) is 16. The minimum absolute atomic E-state index is 0.00437. The number of carbonyl (C=O) groups excluding carboxylic acids is 2. The van der Waals surface area contributed by atoms with Gasteiger partial charge < -0.3 is 66.3 Å². The summed E-state index contributed by atoms with van der Waals surface area (Å²) in [5.74, 6) is -0.753. The van der Waals surface area contributed by atoms with Gasteiger partial charge in [-0.05, 0) is 12.8 Å². The van der Waals surface area contributed by atoms with Crippen LogP contribution in [0.4, 0.5) is 0 Å². The van der Waals surface area contributed by atoms with Gasteiger partial charge in [-0.1, -0.05) is 41.5 Å². The maximum Gasteiger partial charge on any atom is 0.308 e. The second-order valence-electron chi connectivity index (χ2n) is 17.5. The van der Waals surface area contributed by atoms with Gasteiger partial charge in [-0.2, -0.15) is 0 Å². The summed E-state index contributed by atoms with van der Waals surface area (Å²) in [6.07, 6.45) is -5.06. The van der Waals surface area contributed by atoms with E-state index in [2.05, 4.69) is 0 Å². The van der Waals surface area contributed by atoms with Crippen molar-refractivity contribution in [3.63, 3.8) is 0 Å². The number of carbonyl (C=O) groups is 2. The van der Waals surface area contributed by atoms with Crippen LogP contribution in [0.1, 0.15) is 92.9 Å². The van der Waals surface area contributed by atoms with Crippen molar-refractivity contribution in [2.45, 2.75) is 191 Å². The van der Waals surface area contributed by atoms with Gasteiger partial charge in [-0.15, -0.1) is 0 Å². The molecule has 5 fully saturated rings. The van der Waals surface area contributed by atoms with Crippen LogP contribution in [-0.4, -0.2) is 166 Å². The van der Waals surface area contributed by atoms with Gasteiger partial charge in [0.15, 0.2) is 12.6 Å². The van der Waals surface area contributed by atoms with Crippen LogP contribution in [0.3, 0.4) is 0 Å². The lowest BCUT2D eigenvalue weighted by Gasteiger charge is -2.51. The first-order valence-corrected chi connectivity index (χ1v) is 21.1. The molecule has 16 atom stereocenters. The van der Waals surface area contributed by atoms with Crippen LogP contribution in [0, 0.1) is 10.8 Å². The first-order valence-electron chi connectivity index (χ1n) is 21.1. The molecule has 0 saturated carbocycles. The number of esters is 2. The molecule has 0 aromatic rings. The van der Waals surface area contributed by atoms with Gasteiger partial charge in [-0.3, -0.25) is 9.59 Å². The SMILES string of the molecule is CC[C@@H]1C[C@@H]2C[C@H](O[C@@H]3OC[C@@H](OC)[C@H](OC)[C@H]3OC)C(C)(C)[C@H](CC(=O)O[C@H](CC)C[C@H]3C[C@H](O[C@@H]4OC[C@@H](OC)[C@H](OC)[C@H]4OC)C(C)(C)[C@H](CC(=O)O1)O3)O2. The summed E-state index contributed by atoms with van der Waals surface area (Å²) in [4.78, 5) is 27.8. The summed E-state index contributed by atoms with van der Waals surface area (Å²) in [6, 6.07) is 0. The number of hydrogen-bond donors (Lipinski definition) is 0. The molecule has 0 spiro atoms. The molecule has 5 saturated heterocycles. The monoisotopic (exact) mass is 832 g/mol. The molecule has 5 heterocycles. The van der Waals surface area contributed by atoms with Crippen molar-refractivity contribution in [2.24, 2.45) is 10.8 Å². The third-order valence-corrected chi connectivity index (χ3v) is 13.3.